The molecule has 1 radical (unpaired) electrons. The van der Waals surface area contributed by atoms with E-state index in [0.29, 0.717) is 13.0 Å². The molecule has 3 rings (SSSR count). The molecule has 0 aliphatic rings. The van der Waals surface area contributed by atoms with Gasteiger partial charge in [-0.3, -0.25) is 4.79 Å². The smallest absolute Gasteiger partial charge is 0.420 e. The number of halogens is 12. The Morgan fingerprint density at radius 2 is 1.29 bits per heavy atom. The Kier molecular flexibility index (Phi) is 8.56. The van der Waals surface area contributed by atoms with Gasteiger partial charge < -0.3 is 5.11 Å². The minimum absolute atomic E-state index is 0. The van der Waals surface area contributed by atoms with E-state index in [0.717, 1.165) is 6.07 Å². The number of aromatic hydroxyl groups is 1. The molecular formula is C22H6F12MnN4O2. The van der Waals surface area contributed by atoms with Crippen molar-refractivity contribution in [3.05, 3.63) is 74.2 Å². The summed E-state index contributed by atoms with van der Waals surface area (Å²) in [6.45, 7) is 0.711. The number of hydrogen-bond acceptors (Lipinski definition) is 5. The molecule has 6 nitrogen and oxygen atoms in total. The van der Waals surface area contributed by atoms with Crippen molar-refractivity contribution in [1.82, 2.24) is 9.78 Å². The van der Waals surface area contributed by atoms with E-state index in [1.807, 2.05) is 0 Å². The molecule has 1 aromatic heterocycles. The van der Waals surface area contributed by atoms with Gasteiger partial charge >= 0.3 is 18.5 Å². The molecule has 0 fully saturated rings. The Labute approximate surface area is 229 Å². The Bertz CT molecular complexity index is 1620. The van der Waals surface area contributed by atoms with Gasteiger partial charge in [-0.15, -0.1) is 0 Å². The van der Waals surface area contributed by atoms with Gasteiger partial charge in [-0.25, -0.2) is 13.2 Å². The zero-order valence-corrected chi connectivity index (χ0v) is 20.4. The first-order chi connectivity index (χ1) is 18.2. The SMILES string of the molecule is Cc1nn(-c2c(F)c(F)c(C#N)c(C(F)(F)F)c2F)c(O)c1C(=O)c1cc(C(F)(F)F)c(C#N)c(C(F)(F)F)c1.[Mn]. The van der Waals surface area contributed by atoms with Crippen LogP contribution < -0.4 is 0 Å². The van der Waals surface area contributed by atoms with Crippen molar-refractivity contribution in [2.75, 3.05) is 0 Å². The van der Waals surface area contributed by atoms with Crippen molar-refractivity contribution in [3.63, 3.8) is 0 Å². The standard InChI is InChI=1S/C22H6F12N4O2.Mn/c1-6-12(18(39)7-2-10(20(26,27)28)8(4-35)11(3-7)21(29,30)31)19(40)38(37-6)17-15(24)13(22(32,33)34)9(5-36)14(23)16(17)25;/h2-3,40H,1H3;. The predicted octanol–water partition coefficient (Wildman–Crippen LogP) is 6.33. The van der Waals surface area contributed by atoms with Crippen molar-refractivity contribution in [1.29, 1.82) is 10.5 Å². The zero-order chi connectivity index (χ0) is 30.7. The molecule has 0 amide bonds. The summed E-state index contributed by atoms with van der Waals surface area (Å²) in [6, 6.07) is 0.948. The quantitative estimate of drug-likeness (QED) is 0.156. The van der Waals surface area contributed by atoms with Gasteiger partial charge in [0, 0.05) is 22.6 Å². The summed E-state index contributed by atoms with van der Waals surface area (Å²) in [5.41, 5.74) is -16.9. The number of nitrogens with zero attached hydrogens (tertiary/aromatic N) is 4. The van der Waals surface area contributed by atoms with E-state index in [-0.39, 0.29) is 29.2 Å². The summed E-state index contributed by atoms with van der Waals surface area (Å²) in [5, 5.41) is 31.2. The second-order valence-electron chi connectivity index (χ2n) is 7.73. The molecule has 0 aliphatic heterocycles. The molecule has 3 aromatic rings. The van der Waals surface area contributed by atoms with E-state index in [9.17, 15) is 62.6 Å². The van der Waals surface area contributed by atoms with Gasteiger partial charge in [0.15, 0.2) is 23.2 Å². The summed E-state index contributed by atoms with van der Waals surface area (Å²) in [7, 11) is 0. The maximum Gasteiger partial charge on any atom is 0.420 e. The zero-order valence-electron chi connectivity index (χ0n) is 19.2. The maximum absolute atomic E-state index is 14.8. The number of benzene rings is 2. The number of carbonyl (C=O) groups is 1. The molecule has 0 unspecified atom stereocenters. The first-order valence-corrected chi connectivity index (χ1v) is 9.92. The van der Waals surface area contributed by atoms with Gasteiger partial charge in [0.25, 0.3) is 0 Å². The van der Waals surface area contributed by atoms with E-state index >= 15 is 0 Å². The van der Waals surface area contributed by atoms with Crippen LogP contribution in [0.4, 0.5) is 52.7 Å². The van der Waals surface area contributed by atoms with Crippen molar-refractivity contribution in [3.8, 4) is 23.7 Å². The van der Waals surface area contributed by atoms with Crippen molar-refractivity contribution in [2.45, 2.75) is 25.5 Å². The molecule has 0 atom stereocenters. The molecular weight excluding hydrogens is 635 g/mol. The molecule has 2 aromatic carbocycles. The third-order valence-electron chi connectivity index (χ3n) is 5.29. The third-order valence-corrected chi connectivity index (χ3v) is 5.29. The minimum Gasteiger partial charge on any atom is -0.493 e. The van der Waals surface area contributed by atoms with E-state index in [1.54, 1.807) is 0 Å². The van der Waals surface area contributed by atoms with Crippen LogP contribution in [-0.4, -0.2) is 20.7 Å². The van der Waals surface area contributed by atoms with Crippen LogP contribution in [-0.2, 0) is 35.6 Å². The molecule has 217 valence electrons. The predicted molar refractivity (Wildman–Crippen MR) is 104 cm³/mol. The van der Waals surface area contributed by atoms with Crippen LogP contribution in [0.15, 0.2) is 12.1 Å². The number of ketones is 1. The monoisotopic (exact) mass is 641 g/mol. The molecule has 19 heteroatoms. The first kappa shape index (κ1) is 33.0. The normalized spacial score (nSPS) is 12.0. The van der Waals surface area contributed by atoms with Crippen LogP contribution in [0.2, 0.25) is 0 Å². The van der Waals surface area contributed by atoms with Gasteiger partial charge in [0.05, 0.1) is 22.4 Å². The second-order valence-corrected chi connectivity index (χ2v) is 7.73. The second kappa shape index (κ2) is 10.6. The molecule has 41 heavy (non-hydrogen) atoms. The summed E-state index contributed by atoms with van der Waals surface area (Å²) in [4.78, 5) is 12.9. The van der Waals surface area contributed by atoms with Gasteiger partial charge in [-0.1, -0.05) is 0 Å². The molecule has 0 saturated carbocycles. The van der Waals surface area contributed by atoms with Gasteiger partial charge in [-0.2, -0.15) is 59.8 Å². The third kappa shape index (κ3) is 5.55. The Morgan fingerprint density at radius 3 is 1.68 bits per heavy atom. The fourth-order valence-corrected chi connectivity index (χ4v) is 3.63. The van der Waals surface area contributed by atoms with Crippen LogP contribution >= 0.6 is 0 Å². The summed E-state index contributed by atoms with van der Waals surface area (Å²) in [5.74, 6) is -11.5. The molecule has 1 N–H and O–H groups in total. The minimum atomic E-state index is -5.82. The molecule has 0 bridgehead atoms. The van der Waals surface area contributed by atoms with Gasteiger partial charge in [0.1, 0.15) is 34.5 Å². The van der Waals surface area contributed by atoms with Crippen LogP contribution in [0.5, 0.6) is 5.88 Å². The van der Waals surface area contributed by atoms with E-state index in [1.165, 1.54) is 0 Å². The number of rotatable bonds is 3. The van der Waals surface area contributed by atoms with Crippen molar-refractivity contribution >= 4 is 5.78 Å². The first-order valence-electron chi connectivity index (χ1n) is 9.92. The number of nitriles is 2. The average molecular weight is 641 g/mol. The topological polar surface area (TPSA) is 103 Å². The van der Waals surface area contributed by atoms with E-state index < -0.39 is 103 Å². The largest absolute Gasteiger partial charge is 0.493 e. The number of aryl methyl sites for hydroxylation is 1. The number of aromatic nitrogens is 2. The summed E-state index contributed by atoms with van der Waals surface area (Å²) in [6.07, 6.45) is -17.1. The van der Waals surface area contributed by atoms with E-state index in [4.69, 9.17) is 10.5 Å². The maximum atomic E-state index is 14.8. The van der Waals surface area contributed by atoms with Crippen LogP contribution in [0, 0.1) is 47.0 Å². The fourth-order valence-electron chi connectivity index (χ4n) is 3.63. The van der Waals surface area contributed by atoms with Crippen molar-refractivity contribution in [2.24, 2.45) is 0 Å². The molecule has 0 saturated heterocycles. The summed E-state index contributed by atoms with van der Waals surface area (Å²) < 4.78 is 164. The molecule has 0 spiro atoms. The number of hydrogen-bond donors (Lipinski definition) is 1. The van der Waals surface area contributed by atoms with E-state index in [2.05, 4.69) is 5.10 Å². The van der Waals surface area contributed by atoms with Crippen LogP contribution in [0.3, 0.4) is 0 Å². The van der Waals surface area contributed by atoms with Gasteiger partial charge in [0.2, 0.25) is 5.88 Å². The average Bonchev–Trinajstić information content (AvgIpc) is 3.11. The molecule has 1 heterocycles. The molecule has 0 aliphatic carbocycles. The van der Waals surface area contributed by atoms with Crippen molar-refractivity contribution < 1.29 is 79.7 Å². The Hall–Kier alpha value is -4.22. The van der Waals surface area contributed by atoms with Crippen LogP contribution in [0.25, 0.3) is 5.69 Å². The fraction of sp³-hybridized carbons (Fsp3) is 0.182. The Morgan fingerprint density at radius 1 is 0.829 bits per heavy atom. The number of carbonyl (C=O) groups excluding carboxylic acids is 1. The van der Waals surface area contributed by atoms with Gasteiger partial charge in [-0.05, 0) is 19.1 Å². The Balaban J connectivity index is 0.00000588. The summed E-state index contributed by atoms with van der Waals surface area (Å²) >= 11 is 0. The van der Waals surface area contributed by atoms with Crippen LogP contribution in [0.1, 0.15) is 49.4 Å². The number of alkyl halides is 9.